The number of ether oxygens (including phenoxy) is 2. The molecule has 0 bridgehead atoms. The van der Waals surface area contributed by atoms with Gasteiger partial charge in [0.25, 0.3) is 0 Å². The third-order valence-electron chi connectivity index (χ3n) is 0.881. The van der Waals surface area contributed by atoms with Crippen molar-refractivity contribution in [2.75, 3.05) is 26.4 Å². The Bertz CT molecular complexity index is 122. The molecule has 0 saturated carbocycles. The predicted octanol–water partition coefficient (Wildman–Crippen LogP) is 1.58. The van der Waals surface area contributed by atoms with E-state index in [4.69, 9.17) is 8.92 Å². The highest BCUT2D eigenvalue weighted by Crippen LogP contribution is 2.10. The van der Waals surface area contributed by atoms with Crippen LogP contribution in [0.15, 0.2) is 0 Å². The van der Waals surface area contributed by atoms with Crippen molar-refractivity contribution in [3.05, 3.63) is 0 Å². The topological polar surface area (TPSA) is 44.8 Å². The number of hydrogen-bond donors (Lipinski definition) is 0. The Morgan fingerprint density at radius 2 is 2.25 bits per heavy atom. The molecule has 0 atom stereocenters. The molecule has 0 saturated heterocycles. The van der Waals surface area contributed by atoms with Crippen LogP contribution in [-0.4, -0.2) is 32.4 Å². The minimum atomic E-state index is -0.334. The van der Waals surface area contributed by atoms with Crippen LogP contribution in [-0.2, 0) is 18.5 Å². The third-order valence-corrected chi connectivity index (χ3v) is 1.90. The molecule has 0 aliphatic heterocycles. The Labute approximate surface area is 88.1 Å². The molecule has 0 aromatic carbocycles. The van der Waals surface area contributed by atoms with Gasteiger partial charge in [-0.3, -0.25) is 0 Å². The maximum Gasteiger partial charge on any atom is 0.332 e. The largest absolute Gasteiger partial charge is 0.464 e. The number of halogens is 1. The van der Waals surface area contributed by atoms with Crippen molar-refractivity contribution in [2.24, 2.45) is 0 Å². The highest BCUT2D eigenvalue weighted by Gasteiger charge is 1.99. The lowest BCUT2D eigenvalue weighted by Crippen LogP contribution is -2.14. The average Bonchev–Trinajstić information content (AvgIpc) is 2.05. The summed E-state index contributed by atoms with van der Waals surface area (Å²) in [4.78, 5) is 10.7. The van der Waals surface area contributed by atoms with Gasteiger partial charge in [0, 0.05) is 21.2 Å². The Hall–Kier alpha value is 0.470. The Morgan fingerprint density at radius 1 is 1.50 bits per heavy atom. The summed E-state index contributed by atoms with van der Waals surface area (Å²) in [6, 6.07) is 0. The number of rotatable bonds is 7. The van der Waals surface area contributed by atoms with Gasteiger partial charge in [0.2, 0.25) is 0 Å². The molecule has 0 aromatic heterocycles. The van der Waals surface area contributed by atoms with E-state index in [-0.39, 0.29) is 12.6 Å². The minimum absolute atomic E-state index is 0.00309. The molecule has 0 aliphatic rings. The van der Waals surface area contributed by atoms with Gasteiger partial charge in [-0.15, -0.1) is 0 Å². The fourth-order valence-electron chi connectivity index (χ4n) is 0.483. The number of carbonyl (C=O) groups is 1. The molecule has 0 spiro atoms. The molecule has 0 heterocycles. The van der Waals surface area contributed by atoms with Crippen LogP contribution < -0.4 is 0 Å². The highest BCUT2D eigenvalue weighted by atomic mass is 127. The molecule has 0 amide bonds. The van der Waals surface area contributed by atoms with E-state index in [1.807, 2.05) is 21.2 Å². The molecule has 0 aliphatic carbocycles. The van der Waals surface area contributed by atoms with Gasteiger partial charge >= 0.3 is 5.97 Å². The van der Waals surface area contributed by atoms with Crippen LogP contribution in [0.3, 0.4) is 0 Å². The van der Waals surface area contributed by atoms with Crippen molar-refractivity contribution in [1.82, 2.24) is 0 Å². The van der Waals surface area contributed by atoms with Crippen LogP contribution in [0.2, 0.25) is 0 Å². The SMILES string of the molecule is CCOC(=O)COCCOSI. The lowest BCUT2D eigenvalue weighted by Gasteiger charge is -2.02. The summed E-state index contributed by atoms with van der Waals surface area (Å²) in [5, 5.41) is 0. The Kier molecular flexibility index (Phi) is 9.93. The molecule has 0 N–H and O–H groups in total. The predicted molar refractivity (Wildman–Crippen MR) is 55.0 cm³/mol. The smallest absolute Gasteiger partial charge is 0.332 e. The second-order valence-corrected chi connectivity index (χ2v) is 3.18. The van der Waals surface area contributed by atoms with Crippen LogP contribution in [0.25, 0.3) is 0 Å². The fourth-order valence-corrected chi connectivity index (χ4v) is 1.15. The van der Waals surface area contributed by atoms with E-state index in [0.717, 1.165) is 0 Å². The summed E-state index contributed by atoms with van der Waals surface area (Å²) in [6.45, 7) is 3.04. The van der Waals surface area contributed by atoms with Gasteiger partial charge in [-0.1, -0.05) is 0 Å². The van der Waals surface area contributed by atoms with Gasteiger partial charge in [-0.25, -0.2) is 4.79 Å². The van der Waals surface area contributed by atoms with Crippen LogP contribution in [0.4, 0.5) is 0 Å². The molecule has 12 heavy (non-hydrogen) atoms. The molecule has 0 unspecified atom stereocenters. The van der Waals surface area contributed by atoms with Gasteiger partial charge in [0.05, 0.1) is 29.0 Å². The maximum atomic E-state index is 10.7. The zero-order valence-electron chi connectivity index (χ0n) is 6.75. The average molecular weight is 306 g/mol. The Morgan fingerprint density at radius 3 is 2.83 bits per heavy atom. The van der Waals surface area contributed by atoms with E-state index in [0.29, 0.717) is 19.8 Å². The van der Waals surface area contributed by atoms with E-state index in [1.165, 1.54) is 9.21 Å². The summed E-state index contributed by atoms with van der Waals surface area (Å²) >= 11 is 2.01. The van der Waals surface area contributed by atoms with Crippen molar-refractivity contribution >= 4 is 36.4 Å². The molecular weight excluding hydrogens is 295 g/mol. The van der Waals surface area contributed by atoms with Crippen molar-refractivity contribution < 1.29 is 18.5 Å². The number of esters is 1. The first-order chi connectivity index (χ1) is 5.81. The quantitative estimate of drug-likeness (QED) is 0.309. The van der Waals surface area contributed by atoms with Gasteiger partial charge in [-0.2, -0.15) is 0 Å². The first-order valence-electron chi connectivity index (χ1n) is 3.44. The van der Waals surface area contributed by atoms with Crippen LogP contribution in [0.5, 0.6) is 0 Å². The molecule has 0 rings (SSSR count). The van der Waals surface area contributed by atoms with E-state index in [9.17, 15) is 4.79 Å². The molecule has 6 heteroatoms. The number of hydrogen-bond acceptors (Lipinski definition) is 5. The summed E-state index contributed by atoms with van der Waals surface area (Å²) in [7, 11) is 1.24. The van der Waals surface area contributed by atoms with Crippen LogP contribution in [0, 0.1) is 0 Å². The van der Waals surface area contributed by atoms with Crippen molar-refractivity contribution in [3.8, 4) is 0 Å². The third kappa shape index (κ3) is 8.57. The van der Waals surface area contributed by atoms with Gasteiger partial charge < -0.3 is 13.7 Å². The first-order valence-corrected chi connectivity index (χ1v) is 6.73. The maximum absolute atomic E-state index is 10.7. The second kappa shape index (κ2) is 9.56. The fraction of sp³-hybridized carbons (Fsp3) is 0.833. The minimum Gasteiger partial charge on any atom is -0.464 e. The van der Waals surface area contributed by atoms with Gasteiger partial charge in [0.15, 0.2) is 0 Å². The van der Waals surface area contributed by atoms with Crippen molar-refractivity contribution in [1.29, 1.82) is 0 Å². The zero-order valence-corrected chi connectivity index (χ0v) is 9.72. The second-order valence-electron chi connectivity index (χ2n) is 1.74. The summed E-state index contributed by atoms with van der Waals surface area (Å²) in [5.74, 6) is -0.334. The number of carbonyl (C=O) groups excluding carboxylic acids is 1. The van der Waals surface area contributed by atoms with Crippen LogP contribution >= 0.6 is 30.4 Å². The lowest BCUT2D eigenvalue weighted by molar-refractivity contribution is -0.148. The molecule has 0 radical (unpaired) electrons. The molecule has 4 nitrogen and oxygen atoms in total. The van der Waals surface area contributed by atoms with E-state index in [1.54, 1.807) is 6.92 Å². The highest BCUT2D eigenvalue weighted by molar-refractivity contribution is 14.2. The van der Waals surface area contributed by atoms with Crippen molar-refractivity contribution in [3.63, 3.8) is 0 Å². The summed E-state index contributed by atoms with van der Waals surface area (Å²) in [5.41, 5.74) is 0. The van der Waals surface area contributed by atoms with Crippen LogP contribution in [0.1, 0.15) is 6.92 Å². The van der Waals surface area contributed by atoms with Gasteiger partial charge in [0.1, 0.15) is 6.61 Å². The molecule has 0 aromatic rings. The lowest BCUT2D eigenvalue weighted by atomic mass is 10.7. The monoisotopic (exact) mass is 306 g/mol. The molecule has 0 fully saturated rings. The van der Waals surface area contributed by atoms with Crippen molar-refractivity contribution in [2.45, 2.75) is 6.92 Å². The summed E-state index contributed by atoms with van der Waals surface area (Å²) < 4.78 is 14.5. The Balaban J connectivity index is 3.03. The summed E-state index contributed by atoms with van der Waals surface area (Å²) in [6.07, 6.45) is 0. The normalized spacial score (nSPS) is 9.83. The molecular formula is C6H11IO4S. The first kappa shape index (κ1) is 12.5. The van der Waals surface area contributed by atoms with Gasteiger partial charge in [-0.05, 0) is 6.92 Å². The molecule has 72 valence electrons. The van der Waals surface area contributed by atoms with E-state index >= 15 is 0 Å². The standard InChI is InChI=1S/C6H11IO4S/c1-2-10-6(8)5-9-3-4-11-12-7/h2-5H2,1H3. The zero-order chi connectivity index (χ0) is 9.23. The van der Waals surface area contributed by atoms with E-state index in [2.05, 4.69) is 4.74 Å². The van der Waals surface area contributed by atoms with E-state index < -0.39 is 0 Å².